The van der Waals surface area contributed by atoms with Crippen molar-refractivity contribution in [3.63, 3.8) is 0 Å². The third-order valence-corrected chi connectivity index (χ3v) is 4.88. The standard InChI is InChI=1S/C21H21N3O/c1-3-24-13-18(17-6-4-5-7-19(17)24)15-8-10-16(11-9-15)21-14(2)12-20(25)22-23-21/h4-11,13-14H,3,12H2,1-2H3,(H,22,25). The van der Waals surface area contributed by atoms with Gasteiger partial charge in [0.25, 0.3) is 0 Å². The molecule has 3 aromatic rings. The highest BCUT2D eigenvalue weighted by molar-refractivity contribution is 6.06. The third-order valence-electron chi connectivity index (χ3n) is 4.88. The van der Waals surface area contributed by atoms with E-state index in [0.717, 1.165) is 17.8 Å². The molecule has 0 fully saturated rings. The SMILES string of the molecule is CCn1cc(-c2ccc(C3=NNC(=O)CC3C)cc2)c2ccccc21. The Labute approximate surface area is 147 Å². The minimum absolute atomic E-state index is 0.0137. The minimum Gasteiger partial charge on any atom is -0.347 e. The molecule has 0 saturated carbocycles. The number of benzene rings is 2. The summed E-state index contributed by atoms with van der Waals surface area (Å²) < 4.78 is 2.28. The van der Waals surface area contributed by atoms with Crippen molar-refractivity contribution in [2.45, 2.75) is 26.8 Å². The summed E-state index contributed by atoms with van der Waals surface area (Å²) in [6.45, 7) is 5.16. The number of nitrogens with one attached hydrogen (secondary N) is 1. The first-order valence-corrected chi connectivity index (χ1v) is 8.72. The highest BCUT2D eigenvalue weighted by Gasteiger charge is 2.21. The van der Waals surface area contributed by atoms with Crippen LogP contribution >= 0.6 is 0 Å². The monoisotopic (exact) mass is 331 g/mol. The van der Waals surface area contributed by atoms with E-state index in [1.807, 2.05) is 6.92 Å². The summed E-state index contributed by atoms with van der Waals surface area (Å²) in [5.74, 6) is 0.127. The van der Waals surface area contributed by atoms with Gasteiger partial charge in [0.1, 0.15) is 0 Å². The van der Waals surface area contributed by atoms with Crippen molar-refractivity contribution in [1.29, 1.82) is 0 Å². The zero-order chi connectivity index (χ0) is 17.4. The van der Waals surface area contributed by atoms with Crippen LogP contribution in [0.25, 0.3) is 22.0 Å². The molecule has 0 aliphatic carbocycles. The average Bonchev–Trinajstić information content (AvgIpc) is 3.01. The molecule has 1 amide bonds. The van der Waals surface area contributed by atoms with E-state index in [-0.39, 0.29) is 11.8 Å². The topological polar surface area (TPSA) is 46.4 Å². The predicted molar refractivity (Wildman–Crippen MR) is 102 cm³/mol. The molecule has 126 valence electrons. The molecule has 25 heavy (non-hydrogen) atoms. The van der Waals surface area contributed by atoms with Crippen LogP contribution in [0.15, 0.2) is 59.8 Å². The van der Waals surface area contributed by atoms with Crippen molar-refractivity contribution in [2.24, 2.45) is 11.0 Å². The van der Waals surface area contributed by atoms with Crippen molar-refractivity contribution in [3.05, 3.63) is 60.3 Å². The van der Waals surface area contributed by atoms with Crippen LogP contribution < -0.4 is 5.43 Å². The van der Waals surface area contributed by atoms with Gasteiger partial charge in [-0.25, -0.2) is 5.43 Å². The Balaban J connectivity index is 1.73. The van der Waals surface area contributed by atoms with Gasteiger partial charge in [0.05, 0.1) is 5.71 Å². The largest absolute Gasteiger partial charge is 0.347 e. The van der Waals surface area contributed by atoms with Gasteiger partial charge < -0.3 is 4.57 Å². The van der Waals surface area contributed by atoms with Gasteiger partial charge in [-0.1, -0.05) is 49.4 Å². The Hall–Kier alpha value is -2.88. The van der Waals surface area contributed by atoms with E-state index < -0.39 is 0 Å². The van der Waals surface area contributed by atoms with E-state index in [2.05, 4.69) is 76.7 Å². The van der Waals surface area contributed by atoms with Gasteiger partial charge >= 0.3 is 0 Å². The van der Waals surface area contributed by atoms with Crippen LogP contribution in [0, 0.1) is 5.92 Å². The highest BCUT2D eigenvalue weighted by atomic mass is 16.2. The lowest BCUT2D eigenvalue weighted by molar-refractivity contribution is -0.121. The molecule has 2 aromatic carbocycles. The lowest BCUT2D eigenvalue weighted by Crippen LogP contribution is -2.31. The fourth-order valence-corrected chi connectivity index (χ4v) is 3.56. The zero-order valence-corrected chi connectivity index (χ0v) is 14.5. The number of fused-ring (bicyclic) bond motifs is 1. The number of hydrogen-bond donors (Lipinski definition) is 1. The fourth-order valence-electron chi connectivity index (χ4n) is 3.56. The second-order valence-electron chi connectivity index (χ2n) is 6.56. The molecule has 4 heteroatoms. The Morgan fingerprint density at radius 1 is 1.12 bits per heavy atom. The molecule has 4 nitrogen and oxygen atoms in total. The Morgan fingerprint density at radius 3 is 2.56 bits per heavy atom. The molecule has 4 rings (SSSR count). The summed E-state index contributed by atoms with van der Waals surface area (Å²) in [6, 6.07) is 17.0. The number of amides is 1. The van der Waals surface area contributed by atoms with Crippen molar-refractivity contribution in [2.75, 3.05) is 0 Å². The van der Waals surface area contributed by atoms with Gasteiger partial charge in [-0.2, -0.15) is 5.10 Å². The maximum Gasteiger partial charge on any atom is 0.240 e. The minimum atomic E-state index is -0.0137. The predicted octanol–water partition coefficient (Wildman–Crippen LogP) is 4.19. The van der Waals surface area contributed by atoms with E-state index in [1.54, 1.807) is 0 Å². The van der Waals surface area contributed by atoms with E-state index in [4.69, 9.17) is 0 Å². The quantitative estimate of drug-likeness (QED) is 0.768. The van der Waals surface area contributed by atoms with Crippen LogP contribution in [-0.2, 0) is 11.3 Å². The first-order chi connectivity index (χ1) is 12.2. The molecule has 1 aliphatic rings. The number of nitrogens with zero attached hydrogens (tertiary/aromatic N) is 2. The number of carbonyl (C=O) groups is 1. The van der Waals surface area contributed by atoms with Gasteiger partial charge in [-0.3, -0.25) is 4.79 Å². The third kappa shape index (κ3) is 2.74. The summed E-state index contributed by atoms with van der Waals surface area (Å²) in [4.78, 5) is 11.4. The van der Waals surface area contributed by atoms with Gasteiger partial charge in [0.2, 0.25) is 5.91 Å². The number of rotatable bonds is 3. The van der Waals surface area contributed by atoms with Gasteiger partial charge in [-0.05, 0) is 24.1 Å². The molecule has 0 radical (unpaired) electrons. The molecule has 0 saturated heterocycles. The van der Waals surface area contributed by atoms with E-state index in [9.17, 15) is 4.79 Å². The van der Waals surface area contributed by atoms with Crippen molar-refractivity contribution in [3.8, 4) is 11.1 Å². The maximum atomic E-state index is 11.4. The van der Waals surface area contributed by atoms with Gasteiger partial charge in [-0.15, -0.1) is 0 Å². The first-order valence-electron chi connectivity index (χ1n) is 8.72. The van der Waals surface area contributed by atoms with Crippen molar-refractivity contribution >= 4 is 22.5 Å². The first kappa shape index (κ1) is 15.6. The maximum absolute atomic E-state index is 11.4. The van der Waals surface area contributed by atoms with Crippen LogP contribution in [0.4, 0.5) is 0 Å². The van der Waals surface area contributed by atoms with Crippen LogP contribution in [0.3, 0.4) is 0 Å². The number of aryl methyl sites for hydroxylation is 1. The lowest BCUT2D eigenvalue weighted by Gasteiger charge is -2.19. The summed E-state index contributed by atoms with van der Waals surface area (Å²) in [5, 5.41) is 5.52. The second-order valence-corrected chi connectivity index (χ2v) is 6.56. The lowest BCUT2D eigenvalue weighted by atomic mass is 9.93. The molecular weight excluding hydrogens is 310 g/mol. The van der Waals surface area contributed by atoms with E-state index in [0.29, 0.717) is 6.42 Å². The number of aromatic nitrogens is 1. The van der Waals surface area contributed by atoms with E-state index in [1.165, 1.54) is 22.0 Å². The zero-order valence-electron chi connectivity index (χ0n) is 14.5. The Kier molecular flexibility index (Phi) is 3.88. The molecule has 2 heterocycles. The Bertz CT molecular complexity index is 966. The molecule has 1 aliphatic heterocycles. The van der Waals surface area contributed by atoms with Crippen LogP contribution in [-0.4, -0.2) is 16.2 Å². The molecule has 0 spiro atoms. The Morgan fingerprint density at radius 2 is 1.84 bits per heavy atom. The number of carbonyl (C=O) groups excluding carboxylic acids is 1. The normalized spacial score (nSPS) is 17.4. The second kappa shape index (κ2) is 6.20. The number of hydrazone groups is 1. The summed E-state index contributed by atoms with van der Waals surface area (Å²) in [5.41, 5.74) is 8.30. The van der Waals surface area contributed by atoms with E-state index >= 15 is 0 Å². The van der Waals surface area contributed by atoms with Crippen molar-refractivity contribution < 1.29 is 4.79 Å². The van der Waals surface area contributed by atoms with Crippen LogP contribution in [0.5, 0.6) is 0 Å². The molecule has 0 bridgehead atoms. The van der Waals surface area contributed by atoms with Crippen LogP contribution in [0.1, 0.15) is 25.8 Å². The number of hydrogen-bond acceptors (Lipinski definition) is 2. The fraction of sp³-hybridized carbons (Fsp3) is 0.238. The molecule has 1 atom stereocenters. The van der Waals surface area contributed by atoms with Gasteiger partial charge in [0, 0.05) is 41.5 Å². The summed E-state index contributed by atoms with van der Waals surface area (Å²) in [7, 11) is 0. The van der Waals surface area contributed by atoms with Crippen LogP contribution in [0.2, 0.25) is 0 Å². The van der Waals surface area contributed by atoms with Crippen molar-refractivity contribution in [1.82, 2.24) is 9.99 Å². The highest BCUT2D eigenvalue weighted by Crippen LogP contribution is 2.31. The summed E-state index contributed by atoms with van der Waals surface area (Å²) in [6.07, 6.45) is 2.71. The molecule has 1 N–H and O–H groups in total. The number of para-hydroxylation sites is 1. The average molecular weight is 331 g/mol. The van der Waals surface area contributed by atoms with Gasteiger partial charge in [0.15, 0.2) is 0 Å². The molecular formula is C21H21N3O. The molecule has 1 unspecified atom stereocenters. The smallest absolute Gasteiger partial charge is 0.240 e. The summed E-state index contributed by atoms with van der Waals surface area (Å²) >= 11 is 0. The molecule has 1 aromatic heterocycles.